The van der Waals surface area contributed by atoms with Gasteiger partial charge in [-0.15, -0.1) is 11.8 Å². The van der Waals surface area contributed by atoms with Gasteiger partial charge in [0.1, 0.15) is 0 Å². The molecule has 2 unspecified atom stereocenters. The van der Waals surface area contributed by atoms with Crippen molar-refractivity contribution in [2.75, 3.05) is 0 Å². The van der Waals surface area contributed by atoms with E-state index in [0.29, 0.717) is 0 Å². The van der Waals surface area contributed by atoms with Crippen LogP contribution in [0.4, 0.5) is 0 Å². The summed E-state index contributed by atoms with van der Waals surface area (Å²) >= 11 is 0. The van der Waals surface area contributed by atoms with Crippen molar-refractivity contribution in [1.29, 1.82) is 0 Å². The Morgan fingerprint density at radius 2 is 2.00 bits per heavy atom. The van der Waals surface area contributed by atoms with Crippen LogP contribution in [-0.4, -0.2) is 12.1 Å². The van der Waals surface area contributed by atoms with Crippen molar-refractivity contribution in [2.24, 2.45) is 11.5 Å². The van der Waals surface area contributed by atoms with Crippen molar-refractivity contribution < 1.29 is 0 Å². The first kappa shape index (κ1) is 9.48. The summed E-state index contributed by atoms with van der Waals surface area (Å²) in [5.74, 6) is 5.76. The van der Waals surface area contributed by atoms with E-state index in [-0.39, 0.29) is 12.1 Å². The lowest BCUT2D eigenvalue weighted by atomic mass is 10.1. The minimum absolute atomic E-state index is 0.0821. The third-order valence-electron chi connectivity index (χ3n) is 1.45. The highest BCUT2D eigenvalue weighted by Crippen LogP contribution is 1.95. The molecule has 0 saturated heterocycles. The molecule has 0 radical (unpaired) electrons. The van der Waals surface area contributed by atoms with Crippen molar-refractivity contribution in [3.63, 3.8) is 0 Å². The van der Waals surface area contributed by atoms with E-state index in [1.165, 1.54) is 0 Å². The molecule has 0 aliphatic heterocycles. The highest BCUT2D eigenvalue weighted by molar-refractivity contribution is 4.95. The Kier molecular flexibility index (Phi) is 5.00. The smallest absolute Gasteiger partial charge is 0.0198 e. The zero-order valence-corrected chi connectivity index (χ0v) is 6.72. The molecule has 58 valence electrons. The predicted molar refractivity (Wildman–Crippen MR) is 44.3 cm³/mol. The molecule has 0 aromatic heterocycles. The molecule has 0 saturated carbocycles. The second-order valence-corrected chi connectivity index (χ2v) is 2.49. The summed E-state index contributed by atoms with van der Waals surface area (Å²) in [6, 6.07) is 0.180. The van der Waals surface area contributed by atoms with E-state index in [9.17, 15) is 0 Å². The lowest BCUT2D eigenvalue weighted by Gasteiger charge is -2.12. The maximum Gasteiger partial charge on any atom is 0.0198 e. The van der Waals surface area contributed by atoms with Gasteiger partial charge in [0.2, 0.25) is 0 Å². The molecular weight excluding hydrogens is 124 g/mol. The van der Waals surface area contributed by atoms with E-state index < -0.39 is 0 Å². The monoisotopic (exact) mass is 140 g/mol. The van der Waals surface area contributed by atoms with Crippen LogP contribution in [0, 0.1) is 11.8 Å². The van der Waals surface area contributed by atoms with Gasteiger partial charge in [-0.1, -0.05) is 0 Å². The summed E-state index contributed by atoms with van der Waals surface area (Å²) in [7, 11) is 0. The lowest BCUT2D eigenvalue weighted by molar-refractivity contribution is 0.531. The molecular formula is C8H16N2. The van der Waals surface area contributed by atoms with Crippen LogP contribution in [0.15, 0.2) is 0 Å². The van der Waals surface area contributed by atoms with E-state index >= 15 is 0 Å². The van der Waals surface area contributed by atoms with Gasteiger partial charge in [-0.05, 0) is 20.3 Å². The van der Waals surface area contributed by atoms with Gasteiger partial charge in [-0.2, -0.15) is 0 Å². The van der Waals surface area contributed by atoms with Crippen LogP contribution < -0.4 is 11.5 Å². The van der Waals surface area contributed by atoms with Crippen LogP contribution in [0.5, 0.6) is 0 Å². The fourth-order valence-electron chi connectivity index (χ4n) is 0.627. The molecule has 0 fully saturated rings. The summed E-state index contributed by atoms with van der Waals surface area (Å²) in [6.45, 7) is 3.75. The third-order valence-corrected chi connectivity index (χ3v) is 1.45. The Labute approximate surface area is 63.0 Å². The standard InChI is InChI=1S/C8H16N2/c1-3-4-5-6-8(10)7(2)9/h7-8H,5-6,9-10H2,1-2H3. The third kappa shape index (κ3) is 4.37. The van der Waals surface area contributed by atoms with Crippen LogP contribution in [0.3, 0.4) is 0 Å². The molecule has 10 heavy (non-hydrogen) atoms. The summed E-state index contributed by atoms with van der Waals surface area (Å²) in [6.07, 6.45) is 1.76. The van der Waals surface area contributed by atoms with Crippen LogP contribution in [0.1, 0.15) is 26.7 Å². The first-order chi connectivity index (χ1) is 4.68. The SMILES string of the molecule is CC#CCCC(N)C(C)N. The molecule has 0 rings (SSSR count). The van der Waals surface area contributed by atoms with Gasteiger partial charge in [-0.3, -0.25) is 0 Å². The minimum atomic E-state index is 0.0821. The Morgan fingerprint density at radius 3 is 2.40 bits per heavy atom. The Hall–Kier alpha value is -0.520. The van der Waals surface area contributed by atoms with Crippen molar-refractivity contribution in [3.8, 4) is 11.8 Å². The molecule has 4 N–H and O–H groups in total. The first-order valence-corrected chi connectivity index (χ1v) is 3.59. The second kappa shape index (κ2) is 5.28. The Bertz CT molecular complexity index is 130. The quantitative estimate of drug-likeness (QED) is 0.560. The normalized spacial score (nSPS) is 15.2. The van der Waals surface area contributed by atoms with Crippen molar-refractivity contribution in [2.45, 2.75) is 38.8 Å². The molecule has 2 heteroatoms. The number of hydrogen-bond donors (Lipinski definition) is 2. The second-order valence-electron chi connectivity index (χ2n) is 2.49. The summed E-state index contributed by atoms with van der Waals surface area (Å²) in [4.78, 5) is 0. The number of rotatable bonds is 3. The van der Waals surface area contributed by atoms with Crippen molar-refractivity contribution >= 4 is 0 Å². The fourth-order valence-corrected chi connectivity index (χ4v) is 0.627. The molecule has 0 spiro atoms. The zero-order valence-electron chi connectivity index (χ0n) is 6.72. The summed E-state index contributed by atoms with van der Waals surface area (Å²) in [5.41, 5.74) is 11.2. The molecule has 0 amide bonds. The van der Waals surface area contributed by atoms with E-state index in [2.05, 4.69) is 11.8 Å². The summed E-state index contributed by atoms with van der Waals surface area (Å²) in [5, 5.41) is 0. The Morgan fingerprint density at radius 1 is 1.40 bits per heavy atom. The van der Waals surface area contributed by atoms with E-state index in [1.54, 1.807) is 0 Å². The molecule has 2 atom stereocenters. The van der Waals surface area contributed by atoms with Crippen LogP contribution in [0.25, 0.3) is 0 Å². The molecule has 2 nitrogen and oxygen atoms in total. The highest BCUT2D eigenvalue weighted by atomic mass is 14.8. The van der Waals surface area contributed by atoms with Gasteiger partial charge in [0.15, 0.2) is 0 Å². The van der Waals surface area contributed by atoms with E-state index in [0.717, 1.165) is 12.8 Å². The van der Waals surface area contributed by atoms with Gasteiger partial charge >= 0.3 is 0 Å². The molecule has 0 heterocycles. The van der Waals surface area contributed by atoms with E-state index in [4.69, 9.17) is 11.5 Å². The molecule has 0 aliphatic carbocycles. The highest BCUT2D eigenvalue weighted by Gasteiger charge is 2.05. The summed E-state index contributed by atoms with van der Waals surface area (Å²) < 4.78 is 0. The number of hydrogen-bond acceptors (Lipinski definition) is 2. The minimum Gasteiger partial charge on any atom is -0.327 e. The van der Waals surface area contributed by atoms with Gasteiger partial charge in [-0.25, -0.2) is 0 Å². The largest absolute Gasteiger partial charge is 0.327 e. The maximum absolute atomic E-state index is 5.66. The van der Waals surface area contributed by atoms with Crippen LogP contribution >= 0.6 is 0 Å². The number of nitrogens with two attached hydrogens (primary N) is 2. The van der Waals surface area contributed by atoms with E-state index in [1.807, 2.05) is 13.8 Å². The first-order valence-electron chi connectivity index (χ1n) is 3.59. The molecule has 0 aromatic carbocycles. The van der Waals surface area contributed by atoms with Crippen molar-refractivity contribution in [3.05, 3.63) is 0 Å². The van der Waals surface area contributed by atoms with Crippen molar-refractivity contribution in [1.82, 2.24) is 0 Å². The fraction of sp³-hybridized carbons (Fsp3) is 0.750. The lowest BCUT2D eigenvalue weighted by Crippen LogP contribution is -2.38. The average molecular weight is 140 g/mol. The zero-order chi connectivity index (χ0) is 7.98. The molecule has 0 aliphatic rings. The van der Waals surface area contributed by atoms with Crippen LogP contribution in [-0.2, 0) is 0 Å². The maximum atomic E-state index is 5.66. The van der Waals surface area contributed by atoms with Gasteiger partial charge < -0.3 is 11.5 Å². The topological polar surface area (TPSA) is 52.0 Å². The predicted octanol–water partition coefficient (Wildman–Crippen LogP) is 0.464. The average Bonchev–Trinajstić information content (AvgIpc) is 1.88. The molecule has 0 bridgehead atoms. The van der Waals surface area contributed by atoms with Crippen LogP contribution in [0.2, 0.25) is 0 Å². The van der Waals surface area contributed by atoms with Gasteiger partial charge in [0, 0.05) is 18.5 Å². The van der Waals surface area contributed by atoms with Gasteiger partial charge in [0.05, 0.1) is 0 Å². The van der Waals surface area contributed by atoms with Gasteiger partial charge in [0.25, 0.3) is 0 Å². The Balaban J connectivity index is 3.36. The molecule has 0 aromatic rings.